The highest BCUT2D eigenvalue weighted by Gasteiger charge is 2.26. The number of benzene rings is 2. The topological polar surface area (TPSA) is 100 Å². The van der Waals surface area contributed by atoms with Crippen molar-refractivity contribution < 1.29 is 14.3 Å². The molecule has 35 heavy (non-hydrogen) atoms. The SMILES string of the molecule is COc1ccc2cnn(CC(=O)N[C@H](c3nc4ccccc4n3C(C)C)C(C)C)c(=O)c2c1OC. The number of ether oxygens (including phenoxy) is 2. The zero-order chi connectivity index (χ0) is 25.3. The van der Waals surface area contributed by atoms with Crippen LogP contribution in [0.25, 0.3) is 21.8 Å². The third kappa shape index (κ3) is 4.45. The highest BCUT2D eigenvalue weighted by Crippen LogP contribution is 2.33. The number of hydrogen-bond acceptors (Lipinski definition) is 6. The van der Waals surface area contributed by atoms with Crippen molar-refractivity contribution in [3.63, 3.8) is 0 Å². The summed E-state index contributed by atoms with van der Waals surface area (Å²) in [6.07, 6.45) is 1.55. The van der Waals surface area contributed by atoms with Crippen LogP contribution in [0.3, 0.4) is 0 Å². The first-order valence-electron chi connectivity index (χ1n) is 11.6. The number of methoxy groups -OCH3 is 2. The number of hydrogen-bond donors (Lipinski definition) is 1. The van der Waals surface area contributed by atoms with Gasteiger partial charge in [0, 0.05) is 11.4 Å². The number of nitrogens with zero attached hydrogens (tertiary/aromatic N) is 4. The fraction of sp³-hybridized carbons (Fsp3) is 0.385. The van der Waals surface area contributed by atoms with Crippen molar-refractivity contribution in [1.82, 2.24) is 24.6 Å². The fourth-order valence-corrected chi connectivity index (χ4v) is 4.41. The monoisotopic (exact) mass is 477 g/mol. The summed E-state index contributed by atoms with van der Waals surface area (Å²) in [5, 5.41) is 8.22. The highest BCUT2D eigenvalue weighted by molar-refractivity contribution is 5.89. The summed E-state index contributed by atoms with van der Waals surface area (Å²) < 4.78 is 14.0. The number of carbonyl (C=O) groups is 1. The summed E-state index contributed by atoms with van der Waals surface area (Å²) in [5.41, 5.74) is 1.47. The summed E-state index contributed by atoms with van der Waals surface area (Å²) in [6.45, 7) is 8.02. The minimum atomic E-state index is -0.427. The van der Waals surface area contributed by atoms with E-state index in [0.29, 0.717) is 22.3 Å². The van der Waals surface area contributed by atoms with E-state index < -0.39 is 5.56 Å². The van der Waals surface area contributed by atoms with Crippen molar-refractivity contribution in [2.45, 2.75) is 46.3 Å². The van der Waals surface area contributed by atoms with E-state index in [9.17, 15) is 9.59 Å². The Morgan fingerprint density at radius 3 is 2.46 bits per heavy atom. The smallest absolute Gasteiger partial charge is 0.279 e. The molecule has 184 valence electrons. The van der Waals surface area contributed by atoms with E-state index in [1.165, 1.54) is 14.2 Å². The molecule has 1 amide bonds. The van der Waals surface area contributed by atoms with Crippen molar-refractivity contribution in [1.29, 1.82) is 0 Å². The molecule has 0 spiro atoms. The van der Waals surface area contributed by atoms with Crippen LogP contribution in [0.2, 0.25) is 0 Å². The molecular weight excluding hydrogens is 446 g/mol. The lowest BCUT2D eigenvalue weighted by Crippen LogP contribution is -2.38. The van der Waals surface area contributed by atoms with Crippen LogP contribution in [0.5, 0.6) is 11.5 Å². The number of amides is 1. The van der Waals surface area contributed by atoms with Gasteiger partial charge in [0.2, 0.25) is 5.91 Å². The standard InChI is InChI=1S/C26H31N5O4/c1-15(2)23(25-28-18-9-7-8-10-19(18)31(25)16(3)4)29-21(32)14-30-26(33)22-17(13-27-30)11-12-20(34-5)24(22)35-6/h7-13,15-16,23H,14H2,1-6H3,(H,29,32)/t23-/m0/s1. The van der Waals surface area contributed by atoms with Gasteiger partial charge in [0.05, 0.1) is 42.9 Å². The summed E-state index contributed by atoms with van der Waals surface area (Å²) in [7, 11) is 2.98. The van der Waals surface area contributed by atoms with Crippen LogP contribution in [-0.2, 0) is 11.3 Å². The van der Waals surface area contributed by atoms with E-state index in [-0.39, 0.29) is 30.5 Å². The van der Waals surface area contributed by atoms with Gasteiger partial charge in [0.15, 0.2) is 11.5 Å². The lowest BCUT2D eigenvalue weighted by molar-refractivity contribution is -0.123. The van der Waals surface area contributed by atoms with Gasteiger partial charge in [0.25, 0.3) is 5.56 Å². The first kappa shape index (κ1) is 24.3. The van der Waals surface area contributed by atoms with Crippen molar-refractivity contribution >= 4 is 27.7 Å². The Bertz CT molecular complexity index is 1440. The van der Waals surface area contributed by atoms with Crippen LogP contribution in [-0.4, -0.2) is 39.5 Å². The second-order valence-corrected chi connectivity index (χ2v) is 9.08. The van der Waals surface area contributed by atoms with E-state index in [1.807, 2.05) is 38.1 Å². The molecule has 0 aliphatic heterocycles. The predicted octanol–water partition coefficient (Wildman–Crippen LogP) is 3.86. The van der Waals surface area contributed by atoms with Crippen LogP contribution >= 0.6 is 0 Å². The third-order valence-electron chi connectivity index (χ3n) is 6.06. The number of carbonyl (C=O) groups excluding carboxylic acids is 1. The van der Waals surface area contributed by atoms with E-state index in [0.717, 1.165) is 21.5 Å². The zero-order valence-corrected chi connectivity index (χ0v) is 20.9. The molecule has 4 rings (SSSR count). The van der Waals surface area contributed by atoms with Crippen molar-refractivity contribution in [2.24, 2.45) is 5.92 Å². The normalized spacial score (nSPS) is 12.5. The maximum atomic E-state index is 13.2. The van der Waals surface area contributed by atoms with Crippen molar-refractivity contribution in [3.8, 4) is 11.5 Å². The molecule has 2 aromatic carbocycles. The molecule has 0 saturated carbocycles. The molecule has 0 aliphatic carbocycles. The Kier molecular flexibility index (Phi) is 6.77. The van der Waals surface area contributed by atoms with Gasteiger partial charge in [-0.1, -0.05) is 26.0 Å². The minimum absolute atomic E-state index is 0.0684. The average molecular weight is 478 g/mol. The lowest BCUT2D eigenvalue weighted by atomic mass is 10.0. The molecule has 2 aromatic heterocycles. The molecule has 2 heterocycles. The van der Waals surface area contributed by atoms with Crippen LogP contribution in [0.15, 0.2) is 47.4 Å². The Morgan fingerprint density at radius 1 is 1.06 bits per heavy atom. The van der Waals surface area contributed by atoms with E-state index in [4.69, 9.17) is 14.5 Å². The second kappa shape index (κ2) is 9.77. The van der Waals surface area contributed by atoms with Crippen LogP contribution < -0.4 is 20.3 Å². The maximum absolute atomic E-state index is 13.2. The molecule has 1 N–H and O–H groups in total. The van der Waals surface area contributed by atoms with Gasteiger partial charge in [-0.3, -0.25) is 9.59 Å². The Balaban J connectivity index is 1.68. The molecule has 0 fully saturated rings. The number of fused-ring (bicyclic) bond motifs is 2. The molecule has 4 aromatic rings. The zero-order valence-electron chi connectivity index (χ0n) is 20.9. The molecule has 0 aliphatic rings. The van der Waals surface area contributed by atoms with Gasteiger partial charge in [-0.05, 0) is 44.0 Å². The molecule has 0 saturated heterocycles. The maximum Gasteiger partial charge on any atom is 0.279 e. The number of aromatic nitrogens is 4. The lowest BCUT2D eigenvalue weighted by Gasteiger charge is -2.25. The summed E-state index contributed by atoms with van der Waals surface area (Å²) in [4.78, 5) is 31.2. The van der Waals surface area contributed by atoms with Crippen molar-refractivity contribution in [2.75, 3.05) is 14.2 Å². The third-order valence-corrected chi connectivity index (χ3v) is 6.06. The number of imidazole rings is 1. The highest BCUT2D eigenvalue weighted by atomic mass is 16.5. The minimum Gasteiger partial charge on any atom is -0.493 e. The number of rotatable bonds is 8. The number of nitrogens with one attached hydrogen (secondary N) is 1. The van der Waals surface area contributed by atoms with Gasteiger partial charge in [-0.15, -0.1) is 0 Å². The van der Waals surface area contributed by atoms with E-state index in [2.05, 4.69) is 28.8 Å². The van der Waals surface area contributed by atoms with Gasteiger partial charge in [-0.2, -0.15) is 5.10 Å². The average Bonchev–Trinajstić information content (AvgIpc) is 3.22. The first-order chi connectivity index (χ1) is 16.8. The Hall–Kier alpha value is -3.88. The van der Waals surface area contributed by atoms with Gasteiger partial charge >= 0.3 is 0 Å². The van der Waals surface area contributed by atoms with E-state index in [1.54, 1.807) is 18.3 Å². The molecule has 0 radical (unpaired) electrons. The van der Waals surface area contributed by atoms with Crippen molar-refractivity contribution in [3.05, 3.63) is 58.8 Å². The molecule has 9 heteroatoms. The van der Waals surface area contributed by atoms with Gasteiger partial charge < -0.3 is 19.4 Å². The van der Waals surface area contributed by atoms with Crippen LogP contribution in [0, 0.1) is 5.92 Å². The number of para-hydroxylation sites is 2. The molecule has 1 atom stereocenters. The molecule has 9 nitrogen and oxygen atoms in total. The van der Waals surface area contributed by atoms with Crippen LogP contribution in [0.4, 0.5) is 0 Å². The Labute approximate surface area is 203 Å². The summed E-state index contributed by atoms with van der Waals surface area (Å²) in [6, 6.07) is 11.2. The molecule has 0 bridgehead atoms. The quantitative estimate of drug-likeness (QED) is 0.414. The van der Waals surface area contributed by atoms with Gasteiger partial charge in [-0.25, -0.2) is 9.67 Å². The summed E-state index contributed by atoms with van der Waals surface area (Å²) in [5.74, 6) is 1.28. The predicted molar refractivity (Wildman–Crippen MR) is 135 cm³/mol. The molecule has 0 unspecified atom stereocenters. The fourth-order valence-electron chi connectivity index (χ4n) is 4.41. The molecular formula is C26H31N5O4. The first-order valence-corrected chi connectivity index (χ1v) is 11.6. The largest absolute Gasteiger partial charge is 0.493 e. The Morgan fingerprint density at radius 2 is 1.80 bits per heavy atom. The summed E-state index contributed by atoms with van der Waals surface area (Å²) >= 11 is 0. The second-order valence-electron chi connectivity index (χ2n) is 9.08. The van der Waals surface area contributed by atoms with E-state index >= 15 is 0 Å². The van der Waals surface area contributed by atoms with Crippen LogP contribution in [0.1, 0.15) is 45.6 Å². The van der Waals surface area contributed by atoms with Gasteiger partial charge in [0.1, 0.15) is 12.4 Å².